The molecule has 0 spiro atoms. The van der Waals surface area contributed by atoms with Gasteiger partial charge in [-0.25, -0.2) is 8.78 Å². The number of aliphatic hydroxyl groups excluding tert-OH is 1. The smallest absolute Gasteiger partial charge is 0.252 e. The van der Waals surface area contributed by atoms with Gasteiger partial charge in [-0.1, -0.05) is 23.7 Å². The van der Waals surface area contributed by atoms with E-state index in [1.54, 1.807) is 24.4 Å². The summed E-state index contributed by atoms with van der Waals surface area (Å²) in [4.78, 5) is 17.1. The third-order valence-electron chi connectivity index (χ3n) is 4.86. The lowest BCUT2D eigenvalue weighted by atomic mass is 9.99. The predicted molar refractivity (Wildman–Crippen MR) is 123 cm³/mol. The number of benzene rings is 2. The zero-order valence-electron chi connectivity index (χ0n) is 17.4. The maximum Gasteiger partial charge on any atom is 0.252 e. The Morgan fingerprint density at radius 2 is 1.85 bits per heavy atom. The fourth-order valence-electron chi connectivity index (χ4n) is 3.16. The summed E-state index contributed by atoms with van der Waals surface area (Å²) in [5, 5.41) is 20.4. The highest BCUT2D eigenvalue weighted by atomic mass is 35.5. The van der Waals surface area contributed by atoms with Gasteiger partial charge >= 0.3 is 0 Å². The Kier molecular flexibility index (Phi) is 7.87. The molecule has 0 bridgehead atoms. The van der Waals surface area contributed by atoms with Gasteiger partial charge in [0.15, 0.2) is 0 Å². The van der Waals surface area contributed by atoms with Crippen LogP contribution in [0.4, 0.5) is 8.78 Å². The van der Waals surface area contributed by atoms with Crippen LogP contribution in [0, 0.1) is 17.0 Å². The van der Waals surface area contributed by atoms with Crippen LogP contribution in [-0.2, 0) is 6.42 Å². The van der Waals surface area contributed by atoms with E-state index >= 15 is 0 Å². The molecule has 0 radical (unpaired) electrons. The van der Waals surface area contributed by atoms with Crippen LogP contribution in [0.25, 0.3) is 5.70 Å². The Labute approximate surface area is 194 Å². The predicted octanol–water partition coefficient (Wildman–Crippen LogP) is 3.63. The van der Waals surface area contributed by atoms with Crippen molar-refractivity contribution in [3.8, 4) is 0 Å². The molecule has 0 aliphatic rings. The fourth-order valence-corrected chi connectivity index (χ4v) is 3.37. The number of allylic oxidation sites excluding steroid dienone is 1. The van der Waals surface area contributed by atoms with Gasteiger partial charge in [0, 0.05) is 23.9 Å². The van der Waals surface area contributed by atoms with Gasteiger partial charge in [0.05, 0.1) is 34.7 Å². The lowest BCUT2D eigenvalue weighted by Crippen LogP contribution is -2.40. The molecule has 0 aliphatic heterocycles. The van der Waals surface area contributed by atoms with Crippen LogP contribution in [0.2, 0.25) is 0 Å². The van der Waals surface area contributed by atoms with Gasteiger partial charge in [-0.2, -0.15) is 0 Å². The highest BCUT2D eigenvalue weighted by molar-refractivity contribution is 6.49. The summed E-state index contributed by atoms with van der Waals surface area (Å²) < 4.78 is 27.9. The van der Waals surface area contributed by atoms with E-state index in [4.69, 9.17) is 22.7 Å². The minimum absolute atomic E-state index is 0.0698. The number of rotatable bonds is 8. The normalized spacial score (nSPS) is 12.6. The average Bonchev–Trinajstić information content (AvgIpc) is 2.83. The van der Waals surface area contributed by atoms with Crippen molar-refractivity contribution in [2.45, 2.75) is 12.5 Å². The number of hydrogen-bond donors (Lipinski definition) is 4. The van der Waals surface area contributed by atoms with Crippen molar-refractivity contribution in [2.75, 3.05) is 6.61 Å². The minimum atomic E-state index is -0.844. The first kappa shape index (κ1) is 24.0. The Bertz CT molecular complexity index is 1180. The Morgan fingerprint density at radius 1 is 1.12 bits per heavy atom. The second kappa shape index (κ2) is 10.8. The second-order valence-electron chi connectivity index (χ2n) is 7.15. The molecule has 6 nitrogen and oxygen atoms in total. The highest BCUT2D eigenvalue weighted by Gasteiger charge is 2.24. The summed E-state index contributed by atoms with van der Waals surface area (Å²) in [6.07, 6.45) is 1.85. The molecule has 1 amide bonds. The lowest BCUT2D eigenvalue weighted by molar-refractivity contribution is 0.0915. The maximum atomic E-state index is 14.8. The van der Waals surface area contributed by atoms with E-state index in [9.17, 15) is 18.7 Å². The monoisotopic (exact) mass is 470 g/mol. The Hall–Kier alpha value is -3.62. The van der Waals surface area contributed by atoms with Gasteiger partial charge in [-0.3, -0.25) is 15.2 Å². The molecule has 2 aromatic carbocycles. The number of carbonyl (C=O) groups is 1. The molecule has 0 unspecified atom stereocenters. The molecule has 1 aromatic heterocycles. The molecule has 5 N–H and O–H groups in total. The first-order chi connectivity index (χ1) is 15.8. The Balaban J connectivity index is 1.90. The number of amides is 1. The first-order valence-corrected chi connectivity index (χ1v) is 10.3. The zero-order valence-corrected chi connectivity index (χ0v) is 18.1. The number of pyridine rings is 1. The van der Waals surface area contributed by atoms with Crippen LogP contribution < -0.4 is 11.1 Å². The number of nitrogens with one attached hydrogen (secondary N) is 2. The summed E-state index contributed by atoms with van der Waals surface area (Å²) in [6, 6.07) is 13.5. The molecule has 170 valence electrons. The first-order valence-electron chi connectivity index (χ1n) is 9.92. The number of aromatic nitrogens is 1. The molecule has 0 saturated heterocycles. The molecule has 33 heavy (non-hydrogen) atoms. The molecule has 3 rings (SSSR count). The molecular weight excluding hydrogens is 450 g/mol. The molecule has 0 fully saturated rings. The van der Waals surface area contributed by atoms with Gasteiger partial charge < -0.3 is 16.2 Å². The highest BCUT2D eigenvalue weighted by Crippen LogP contribution is 2.25. The van der Waals surface area contributed by atoms with E-state index in [-0.39, 0.29) is 34.9 Å². The molecule has 1 heterocycles. The molecule has 0 saturated carbocycles. The molecule has 1 atom stereocenters. The fraction of sp³-hybridized carbons (Fsp3) is 0.125. The van der Waals surface area contributed by atoms with Gasteiger partial charge in [0.1, 0.15) is 11.6 Å². The second-order valence-corrected chi connectivity index (χ2v) is 7.53. The van der Waals surface area contributed by atoms with Crippen molar-refractivity contribution in [1.29, 1.82) is 5.41 Å². The van der Waals surface area contributed by atoms with Crippen LogP contribution in [0.1, 0.15) is 27.2 Å². The summed E-state index contributed by atoms with van der Waals surface area (Å²) in [5.74, 6) is -2.02. The van der Waals surface area contributed by atoms with Gasteiger partial charge in [-0.05, 0) is 54.1 Å². The number of carbonyl (C=O) groups excluding carboxylic acids is 1. The quantitative estimate of drug-likeness (QED) is 0.376. The van der Waals surface area contributed by atoms with Crippen molar-refractivity contribution in [3.63, 3.8) is 0 Å². The largest absolute Gasteiger partial charge is 0.397 e. The molecular formula is C24H21ClF2N4O2. The molecule has 0 aliphatic carbocycles. The van der Waals surface area contributed by atoms with E-state index in [2.05, 4.69) is 10.3 Å². The summed E-state index contributed by atoms with van der Waals surface area (Å²) >= 11 is 6.27. The summed E-state index contributed by atoms with van der Waals surface area (Å²) in [5.41, 5.74) is 5.93. The number of nitrogens with zero attached hydrogens (tertiary/aromatic N) is 1. The van der Waals surface area contributed by atoms with Crippen LogP contribution in [0.5, 0.6) is 0 Å². The van der Waals surface area contributed by atoms with Crippen molar-refractivity contribution in [1.82, 2.24) is 10.3 Å². The average molecular weight is 471 g/mol. The lowest BCUT2D eigenvalue weighted by Gasteiger charge is -2.18. The van der Waals surface area contributed by atoms with E-state index in [0.29, 0.717) is 11.3 Å². The van der Waals surface area contributed by atoms with Crippen LogP contribution in [0.15, 0.2) is 71.9 Å². The standard InChI is InChI=1S/C24H21ClF2N4O2/c25-21(22(28)14-7-9-15(26)10-8-14)23(29)20-18(5-3-6-19(20)27)24(33)31-17(13-32)12-16-4-1-2-11-30-16/h1-11,17,29,32H,12-13,28H2,(H,31,33)/b22-21+,29-23?/t17-/m1/s1. The van der Waals surface area contributed by atoms with E-state index in [1.165, 1.54) is 36.4 Å². The third kappa shape index (κ3) is 5.79. The third-order valence-corrected chi connectivity index (χ3v) is 5.25. The summed E-state index contributed by atoms with van der Waals surface area (Å²) in [6.45, 7) is -0.372. The molecule has 3 aromatic rings. The van der Waals surface area contributed by atoms with Gasteiger partial charge in [0.25, 0.3) is 5.91 Å². The van der Waals surface area contributed by atoms with Gasteiger partial charge in [-0.15, -0.1) is 0 Å². The van der Waals surface area contributed by atoms with E-state index in [1.807, 2.05) is 0 Å². The van der Waals surface area contributed by atoms with Crippen LogP contribution in [-0.4, -0.2) is 34.4 Å². The van der Waals surface area contributed by atoms with Gasteiger partial charge in [0.2, 0.25) is 0 Å². The van der Waals surface area contributed by atoms with Crippen molar-refractivity contribution >= 4 is 28.9 Å². The number of hydrogen-bond acceptors (Lipinski definition) is 5. The van der Waals surface area contributed by atoms with E-state index in [0.717, 1.165) is 6.07 Å². The van der Waals surface area contributed by atoms with Crippen LogP contribution in [0.3, 0.4) is 0 Å². The zero-order chi connectivity index (χ0) is 24.0. The van der Waals surface area contributed by atoms with Crippen LogP contribution >= 0.6 is 11.6 Å². The number of nitrogens with two attached hydrogens (primary N) is 1. The van der Waals surface area contributed by atoms with E-state index < -0.39 is 29.3 Å². The Morgan fingerprint density at radius 3 is 2.48 bits per heavy atom. The number of aliphatic hydroxyl groups is 1. The maximum absolute atomic E-state index is 14.8. The molecule has 9 heteroatoms. The van der Waals surface area contributed by atoms with Crippen molar-refractivity contribution in [3.05, 3.63) is 106 Å². The number of halogens is 3. The van der Waals surface area contributed by atoms with Crippen molar-refractivity contribution in [2.24, 2.45) is 5.73 Å². The minimum Gasteiger partial charge on any atom is -0.397 e. The van der Waals surface area contributed by atoms with Crippen molar-refractivity contribution < 1.29 is 18.7 Å². The summed E-state index contributed by atoms with van der Waals surface area (Å²) in [7, 11) is 0. The SMILES string of the molecule is N=C(/C(Cl)=C(\N)c1ccc(F)cc1)c1c(F)cccc1C(=O)N[C@@H](CO)Cc1ccccn1. The topological polar surface area (TPSA) is 112 Å².